The molecule has 0 N–H and O–H groups in total. The first-order chi connectivity index (χ1) is 7.48. The second-order valence-electron chi connectivity index (χ2n) is 3.27. The number of methoxy groups -OCH3 is 1. The van der Waals surface area contributed by atoms with Gasteiger partial charge in [0.2, 0.25) is 10.0 Å². The van der Waals surface area contributed by atoms with Gasteiger partial charge in [-0.2, -0.15) is 4.31 Å². The van der Waals surface area contributed by atoms with E-state index in [0.717, 1.165) is 12.1 Å². The lowest BCUT2D eigenvalue weighted by Crippen LogP contribution is -2.30. The molecule has 0 aliphatic rings. The Bertz CT molecular complexity index is 430. The highest BCUT2D eigenvalue weighted by atomic mass is 32.2. The van der Waals surface area contributed by atoms with E-state index >= 15 is 0 Å². The molecule has 4 nitrogen and oxygen atoms in total. The van der Waals surface area contributed by atoms with Gasteiger partial charge >= 0.3 is 0 Å². The maximum Gasteiger partial charge on any atom is 0.242 e. The summed E-state index contributed by atoms with van der Waals surface area (Å²) in [6, 6.07) is 4.73. The number of nitrogens with zero attached hydrogens (tertiary/aromatic N) is 1. The fraction of sp³-hybridized carbons (Fsp3) is 0.400. The number of hydrogen-bond donors (Lipinski definition) is 0. The predicted molar refractivity (Wildman–Crippen MR) is 58.1 cm³/mol. The average molecular weight is 247 g/mol. The van der Waals surface area contributed by atoms with Crippen LogP contribution in [0.3, 0.4) is 0 Å². The van der Waals surface area contributed by atoms with Crippen LogP contribution in [0.4, 0.5) is 4.39 Å². The molecule has 0 radical (unpaired) electrons. The average Bonchev–Trinajstić information content (AvgIpc) is 2.26. The van der Waals surface area contributed by atoms with Gasteiger partial charge in [0.25, 0.3) is 0 Å². The van der Waals surface area contributed by atoms with Crippen molar-refractivity contribution in [2.45, 2.75) is 4.90 Å². The van der Waals surface area contributed by atoms with Gasteiger partial charge in [-0.05, 0) is 24.3 Å². The van der Waals surface area contributed by atoms with E-state index in [4.69, 9.17) is 4.74 Å². The summed E-state index contributed by atoms with van der Waals surface area (Å²) in [7, 11) is -0.587. The second kappa shape index (κ2) is 5.38. The molecule has 0 fully saturated rings. The molecule has 0 aromatic heterocycles. The fourth-order valence-electron chi connectivity index (χ4n) is 1.13. The van der Waals surface area contributed by atoms with E-state index < -0.39 is 15.8 Å². The van der Waals surface area contributed by atoms with Crippen LogP contribution in [-0.2, 0) is 14.8 Å². The number of ether oxygens (including phenoxy) is 1. The van der Waals surface area contributed by atoms with Crippen molar-refractivity contribution in [1.29, 1.82) is 0 Å². The summed E-state index contributed by atoms with van der Waals surface area (Å²) in [4.78, 5) is 0.0764. The van der Waals surface area contributed by atoms with Gasteiger partial charge in [-0.1, -0.05) is 0 Å². The third kappa shape index (κ3) is 3.01. The maximum atomic E-state index is 12.7. The molecule has 0 aliphatic heterocycles. The first kappa shape index (κ1) is 13.1. The number of halogens is 1. The zero-order chi connectivity index (χ0) is 12.2. The molecule has 1 aromatic rings. The summed E-state index contributed by atoms with van der Waals surface area (Å²) >= 11 is 0. The summed E-state index contributed by atoms with van der Waals surface area (Å²) in [5.41, 5.74) is 0. The molecule has 0 amide bonds. The second-order valence-corrected chi connectivity index (χ2v) is 5.32. The Morgan fingerprint density at radius 2 is 1.88 bits per heavy atom. The minimum absolute atomic E-state index is 0.0764. The van der Waals surface area contributed by atoms with Crippen LogP contribution in [0.25, 0.3) is 0 Å². The van der Waals surface area contributed by atoms with Gasteiger partial charge in [-0.25, -0.2) is 12.8 Å². The zero-order valence-corrected chi connectivity index (χ0v) is 10.00. The normalized spacial score (nSPS) is 12.0. The van der Waals surface area contributed by atoms with E-state index in [0.29, 0.717) is 6.61 Å². The topological polar surface area (TPSA) is 46.6 Å². The highest BCUT2D eigenvalue weighted by Crippen LogP contribution is 2.14. The van der Waals surface area contributed by atoms with Gasteiger partial charge < -0.3 is 4.74 Å². The lowest BCUT2D eigenvalue weighted by Gasteiger charge is -2.16. The summed E-state index contributed by atoms with van der Waals surface area (Å²) in [6.45, 7) is 0.577. The minimum Gasteiger partial charge on any atom is -0.383 e. The van der Waals surface area contributed by atoms with Crippen LogP contribution in [0.1, 0.15) is 0 Å². The van der Waals surface area contributed by atoms with Gasteiger partial charge in [0.05, 0.1) is 11.5 Å². The molecule has 0 bridgehead atoms. The van der Waals surface area contributed by atoms with Gasteiger partial charge in [0.15, 0.2) is 0 Å². The molecule has 6 heteroatoms. The molecule has 90 valence electrons. The van der Waals surface area contributed by atoms with E-state index in [1.54, 1.807) is 0 Å². The van der Waals surface area contributed by atoms with E-state index in [1.807, 2.05) is 0 Å². The molecule has 0 saturated heterocycles. The van der Waals surface area contributed by atoms with Crippen molar-refractivity contribution in [3.8, 4) is 0 Å². The highest BCUT2D eigenvalue weighted by Gasteiger charge is 2.19. The Kier molecular flexibility index (Phi) is 4.40. The van der Waals surface area contributed by atoms with Gasteiger partial charge in [-0.15, -0.1) is 0 Å². The van der Waals surface area contributed by atoms with Crippen LogP contribution in [0, 0.1) is 5.82 Å². The lowest BCUT2D eigenvalue weighted by molar-refractivity contribution is 0.185. The molecule has 1 rings (SSSR count). The van der Waals surface area contributed by atoms with Crippen molar-refractivity contribution in [3.63, 3.8) is 0 Å². The third-order valence-electron chi connectivity index (χ3n) is 2.13. The SMILES string of the molecule is COCCN(C)S(=O)(=O)c1ccc(F)cc1. The van der Waals surface area contributed by atoms with Crippen LogP contribution >= 0.6 is 0 Å². The maximum absolute atomic E-state index is 12.7. The summed E-state index contributed by atoms with van der Waals surface area (Å²) < 4.78 is 42.4. The Labute approximate surface area is 94.7 Å². The molecule has 1 aromatic carbocycles. The van der Waals surface area contributed by atoms with Crippen molar-refractivity contribution >= 4 is 10.0 Å². The fourth-order valence-corrected chi connectivity index (χ4v) is 2.28. The van der Waals surface area contributed by atoms with E-state index in [-0.39, 0.29) is 11.4 Å². The first-order valence-electron chi connectivity index (χ1n) is 4.69. The molecule has 0 saturated carbocycles. The summed E-state index contributed by atoms with van der Waals surface area (Å²) in [6.07, 6.45) is 0. The van der Waals surface area contributed by atoms with Crippen molar-refractivity contribution in [1.82, 2.24) is 4.31 Å². The molecule has 0 unspecified atom stereocenters. The molecular formula is C10H14FNO3S. The molecular weight excluding hydrogens is 233 g/mol. The van der Waals surface area contributed by atoms with Gasteiger partial charge in [0, 0.05) is 20.7 Å². The van der Waals surface area contributed by atoms with Crippen molar-refractivity contribution in [3.05, 3.63) is 30.1 Å². The largest absolute Gasteiger partial charge is 0.383 e. The van der Waals surface area contributed by atoms with Crippen LogP contribution in [-0.4, -0.2) is 40.0 Å². The minimum atomic E-state index is -3.54. The first-order valence-corrected chi connectivity index (χ1v) is 6.13. The lowest BCUT2D eigenvalue weighted by atomic mass is 10.4. The van der Waals surface area contributed by atoms with E-state index in [1.165, 1.54) is 30.6 Å². The molecule has 0 spiro atoms. The highest BCUT2D eigenvalue weighted by molar-refractivity contribution is 7.89. The Morgan fingerprint density at radius 3 is 2.38 bits per heavy atom. The van der Waals surface area contributed by atoms with Crippen LogP contribution in [0.2, 0.25) is 0 Å². The van der Waals surface area contributed by atoms with Crippen LogP contribution < -0.4 is 0 Å². The molecule has 0 heterocycles. The summed E-state index contributed by atoms with van der Waals surface area (Å²) in [5, 5.41) is 0. The smallest absolute Gasteiger partial charge is 0.242 e. The number of benzene rings is 1. The number of hydrogen-bond acceptors (Lipinski definition) is 3. The standard InChI is InChI=1S/C10H14FNO3S/c1-12(7-8-15-2)16(13,14)10-5-3-9(11)4-6-10/h3-6H,7-8H2,1-2H3. The number of rotatable bonds is 5. The Hall–Kier alpha value is -0.980. The number of likely N-dealkylation sites (N-methyl/N-ethyl adjacent to an activating group) is 1. The van der Waals surface area contributed by atoms with Gasteiger partial charge in [-0.3, -0.25) is 0 Å². The van der Waals surface area contributed by atoms with Gasteiger partial charge in [0.1, 0.15) is 5.82 Å². The van der Waals surface area contributed by atoms with Crippen molar-refractivity contribution in [2.24, 2.45) is 0 Å². The molecule has 0 aliphatic carbocycles. The third-order valence-corrected chi connectivity index (χ3v) is 4.00. The summed E-state index contributed by atoms with van der Waals surface area (Å²) in [5.74, 6) is -0.460. The van der Waals surface area contributed by atoms with Crippen LogP contribution in [0.15, 0.2) is 29.2 Å². The van der Waals surface area contributed by atoms with Crippen molar-refractivity contribution < 1.29 is 17.5 Å². The molecule has 16 heavy (non-hydrogen) atoms. The van der Waals surface area contributed by atoms with Crippen molar-refractivity contribution in [2.75, 3.05) is 27.3 Å². The van der Waals surface area contributed by atoms with E-state index in [9.17, 15) is 12.8 Å². The Balaban J connectivity index is 2.89. The monoisotopic (exact) mass is 247 g/mol. The predicted octanol–water partition coefficient (Wildman–Crippen LogP) is 1.09. The van der Waals surface area contributed by atoms with Crippen LogP contribution in [0.5, 0.6) is 0 Å². The number of sulfonamides is 1. The quantitative estimate of drug-likeness (QED) is 0.782. The molecule has 0 atom stereocenters. The van der Waals surface area contributed by atoms with E-state index in [2.05, 4.69) is 0 Å². The Morgan fingerprint density at radius 1 is 1.31 bits per heavy atom. The zero-order valence-electron chi connectivity index (χ0n) is 9.18.